The number of piperidine rings is 1. The lowest BCUT2D eigenvalue weighted by atomic mass is 9.96. The Hall–Kier alpha value is -1.53. The van der Waals surface area contributed by atoms with Gasteiger partial charge in [0.2, 0.25) is 5.91 Å². The number of dihydropyridines is 1. The summed E-state index contributed by atoms with van der Waals surface area (Å²) in [5.41, 5.74) is 0. The van der Waals surface area contributed by atoms with Gasteiger partial charge in [0.15, 0.2) is 0 Å². The third-order valence-electron chi connectivity index (χ3n) is 3.84. The summed E-state index contributed by atoms with van der Waals surface area (Å²) in [5, 5.41) is 0. The number of carbonyl (C=O) groups excluding carboxylic acids is 2. The summed E-state index contributed by atoms with van der Waals surface area (Å²) in [6.07, 6.45) is 6.52. The molecule has 2 heterocycles. The van der Waals surface area contributed by atoms with E-state index in [2.05, 4.69) is 4.99 Å². The van der Waals surface area contributed by atoms with Crippen molar-refractivity contribution in [2.24, 2.45) is 16.8 Å². The maximum atomic E-state index is 12.3. The minimum absolute atomic E-state index is 0.133. The van der Waals surface area contributed by atoms with Gasteiger partial charge in [-0.3, -0.25) is 9.59 Å². The predicted octanol–water partition coefficient (Wildman–Crippen LogP) is 0.671. The summed E-state index contributed by atoms with van der Waals surface area (Å²) in [6.45, 7) is 3.28. The Morgan fingerprint density at radius 2 is 2.14 bits per heavy atom. The van der Waals surface area contributed by atoms with Gasteiger partial charge in [0, 0.05) is 33.0 Å². The van der Waals surface area contributed by atoms with Crippen LogP contribution in [0.2, 0.25) is 0 Å². The zero-order valence-electron chi connectivity index (χ0n) is 12.4. The van der Waals surface area contributed by atoms with Crippen LogP contribution in [0.5, 0.6) is 0 Å². The highest BCUT2D eigenvalue weighted by Crippen LogP contribution is 2.20. The van der Waals surface area contributed by atoms with Gasteiger partial charge in [-0.15, -0.1) is 0 Å². The third-order valence-corrected chi connectivity index (χ3v) is 3.84. The first kappa shape index (κ1) is 15.9. The van der Waals surface area contributed by atoms with Crippen molar-refractivity contribution >= 4 is 18.0 Å². The number of hydrogen-bond donors (Lipinski definition) is 0. The minimum atomic E-state index is -0.732. The summed E-state index contributed by atoms with van der Waals surface area (Å²) in [5.74, 6) is -0.759. The van der Waals surface area contributed by atoms with E-state index in [1.807, 2.05) is 0 Å². The molecule has 0 N–H and O–H groups in total. The number of aliphatic imine (C=N–C) groups is 1. The summed E-state index contributed by atoms with van der Waals surface area (Å²) < 4.78 is 10.5. The highest BCUT2D eigenvalue weighted by molar-refractivity contribution is 6.07. The van der Waals surface area contributed by atoms with Crippen LogP contribution in [-0.4, -0.2) is 62.9 Å². The molecule has 6 nitrogen and oxygen atoms in total. The molecule has 0 aromatic heterocycles. The number of rotatable bonds is 6. The van der Waals surface area contributed by atoms with Gasteiger partial charge in [-0.05, 0) is 24.8 Å². The Kier molecular flexibility index (Phi) is 6.07. The van der Waals surface area contributed by atoms with Crippen LogP contribution in [0.4, 0.5) is 0 Å². The van der Waals surface area contributed by atoms with E-state index in [-0.39, 0.29) is 11.8 Å². The van der Waals surface area contributed by atoms with Crippen molar-refractivity contribution in [3.63, 3.8) is 0 Å². The molecular weight excluding hydrogens is 272 g/mol. The molecule has 21 heavy (non-hydrogen) atoms. The van der Waals surface area contributed by atoms with Crippen molar-refractivity contribution < 1.29 is 19.1 Å². The maximum absolute atomic E-state index is 12.3. The molecule has 6 heteroatoms. The molecule has 2 aliphatic heterocycles. The second kappa shape index (κ2) is 8.05. The SMILES string of the molecule is COCCOCC1CCN(C(=O)C2C=CC=NC2=O)CC1. The fourth-order valence-corrected chi connectivity index (χ4v) is 2.54. The monoisotopic (exact) mass is 294 g/mol. The van der Waals surface area contributed by atoms with Crippen LogP contribution in [0.25, 0.3) is 0 Å². The van der Waals surface area contributed by atoms with Crippen molar-refractivity contribution in [1.29, 1.82) is 0 Å². The van der Waals surface area contributed by atoms with E-state index in [1.54, 1.807) is 24.2 Å². The van der Waals surface area contributed by atoms with Gasteiger partial charge < -0.3 is 14.4 Å². The van der Waals surface area contributed by atoms with Gasteiger partial charge in [-0.2, -0.15) is 0 Å². The Morgan fingerprint density at radius 3 is 2.81 bits per heavy atom. The van der Waals surface area contributed by atoms with Gasteiger partial charge in [0.05, 0.1) is 13.2 Å². The molecule has 2 aliphatic rings. The first-order valence-electron chi connectivity index (χ1n) is 7.32. The van der Waals surface area contributed by atoms with Crippen molar-refractivity contribution in [2.75, 3.05) is 40.0 Å². The quantitative estimate of drug-likeness (QED) is 0.533. The van der Waals surface area contributed by atoms with E-state index in [9.17, 15) is 9.59 Å². The molecule has 0 aliphatic carbocycles. The number of methoxy groups -OCH3 is 1. The van der Waals surface area contributed by atoms with E-state index < -0.39 is 5.92 Å². The first-order valence-corrected chi connectivity index (χ1v) is 7.32. The van der Waals surface area contributed by atoms with Crippen molar-refractivity contribution in [3.05, 3.63) is 12.2 Å². The standard InChI is InChI=1S/C15H22N2O4/c1-20-9-10-21-11-12-4-7-17(8-5-12)15(19)13-3-2-6-16-14(13)18/h2-3,6,12-13H,4-5,7-11H2,1H3. The normalized spacial score (nSPS) is 22.8. The summed E-state index contributed by atoms with van der Waals surface area (Å²) in [6, 6.07) is 0. The van der Waals surface area contributed by atoms with E-state index in [1.165, 1.54) is 6.21 Å². The van der Waals surface area contributed by atoms with Gasteiger partial charge in [-0.25, -0.2) is 4.99 Å². The zero-order valence-corrected chi connectivity index (χ0v) is 12.4. The largest absolute Gasteiger partial charge is 0.382 e. The fourth-order valence-electron chi connectivity index (χ4n) is 2.54. The number of amides is 2. The first-order chi connectivity index (χ1) is 10.2. The van der Waals surface area contributed by atoms with Crippen LogP contribution in [0.3, 0.4) is 0 Å². The molecular formula is C15H22N2O4. The smallest absolute Gasteiger partial charge is 0.262 e. The molecule has 2 rings (SSSR count). The van der Waals surface area contributed by atoms with Crippen molar-refractivity contribution in [1.82, 2.24) is 4.90 Å². The Balaban J connectivity index is 1.73. The van der Waals surface area contributed by atoms with Crippen LogP contribution in [0.15, 0.2) is 17.1 Å². The number of ether oxygens (including phenoxy) is 2. The average molecular weight is 294 g/mol. The number of nitrogens with zero attached hydrogens (tertiary/aromatic N) is 2. The Morgan fingerprint density at radius 1 is 1.38 bits per heavy atom. The lowest BCUT2D eigenvalue weighted by Gasteiger charge is -2.33. The molecule has 116 valence electrons. The molecule has 0 aromatic carbocycles. The molecule has 1 saturated heterocycles. The molecule has 0 aromatic rings. The summed E-state index contributed by atoms with van der Waals surface area (Å²) >= 11 is 0. The zero-order chi connectivity index (χ0) is 15.1. The van der Waals surface area contributed by atoms with E-state index in [4.69, 9.17) is 9.47 Å². The van der Waals surface area contributed by atoms with Crippen LogP contribution in [-0.2, 0) is 19.1 Å². The second-order valence-electron chi connectivity index (χ2n) is 5.32. The minimum Gasteiger partial charge on any atom is -0.382 e. The maximum Gasteiger partial charge on any atom is 0.262 e. The van der Waals surface area contributed by atoms with Crippen LogP contribution in [0, 0.1) is 11.8 Å². The average Bonchev–Trinajstić information content (AvgIpc) is 2.52. The summed E-state index contributed by atoms with van der Waals surface area (Å²) in [4.78, 5) is 29.4. The lowest BCUT2D eigenvalue weighted by Crippen LogP contribution is -2.44. The van der Waals surface area contributed by atoms with E-state index in [0.717, 1.165) is 12.8 Å². The number of likely N-dealkylation sites (tertiary alicyclic amines) is 1. The van der Waals surface area contributed by atoms with Gasteiger partial charge in [-0.1, -0.05) is 6.08 Å². The van der Waals surface area contributed by atoms with Crippen LogP contribution in [0.1, 0.15) is 12.8 Å². The lowest BCUT2D eigenvalue weighted by molar-refractivity contribution is -0.140. The molecule has 0 saturated carbocycles. The van der Waals surface area contributed by atoms with E-state index in [0.29, 0.717) is 38.8 Å². The summed E-state index contributed by atoms with van der Waals surface area (Å²) in [7, 11) is 1.65. The molecule has 0 bridgehead atoms. The Labute approximate surface area is 124 Å². The second-order valence-corrected chi connectivity index (χ2v) is 5.32. The molecule has 1 atom stereocenters. The third kappa shape index (κ3) is 4.47. The molecule has 2 amide bonds. The van der Waals surface area contributed by atoms with Crippen LogP contribution >= 0.6 is 0 Å². The topological polar surface area (TPSA) is 68.2 Å². The van der Waals surface area contributed by atoms with Crippen molar-refractivity contribution in [2.45, 2.75) is 12.8 Å². The van der Waals surface area contributed by atoms with E-state index >= 15 is 0 Å². The number of allylic oxidation sites excluding steroid dienone is 1. The number of carbonyl (C=O) groups is 2. The highest BCUT2D eigenvalue weighted by Gasteiger charge is 2.31. The predicted molar refractivity (Wildman–Crippen MR) is 78.1 cm³/mol. The molecule has 1 fully saturated rings. The van der Waals surface area contributed by atoms with Gasteiger partial charge in [0.25, 0.3) is 5.91 Å². The highest BCUT2D eigenvalue weighted by atomic mass is 16.5. The fraction of sp³-hybridized carbons (Fsp3) is 0.667. The molecule has 0 radical (unpaired) electrons. The number of hydrogen-bond acceptors (Lipinski definition) is 4. The van der Waals surface area contributed by atoms with Crippen LogP contribution < -0.4 is 0 Å². The van der Waals surface area contributed by atoms with Gasteiger partial charge >= 0.3 is 0 Å². The Bertz CT molecular complexity index is 425. The molecule has 0 spiro atoms. The van der Waals surface area contributed by atoms with Gasteiger partial charge in [0.1, 0.15) is 5.92 Å². The van der Waals surface area contributed by atoms with Crippen molar-refractivity contribution in [3.8, 4) is 0 Å². The molecule has 1 unspecified atom stereocenters.